The predicted molar refractivity (Wildman–Crippen MR) is 39.9 cm³/mol. The zero-order valence-corrected chi connectivity index (χ0v) is 6.76. The van der Waals surface area contributed by atoms with Gasteiger partial charge in [0.25, 0.3) is 0 Å². The minimum atomic E-state index is -0.268. The maximum Gasteiger partial charge on any atom is 0.324 e. The zero-order valence-electron chi connectivity index (χ0n) is 6.76. The maximum atomic E-state index is 11.2. The van der Waals surface area contributed by atoms with Crippen molar-refractivity contribution in [3.63, 3.8) is 0 Å². The van der Waals surface area contributed by atoms with Gasteiger partial charge in [-0.05, 0) is 6.92 Å². The molecule has 1 saturated heterocycles. The second kappa shape index (κ2) is 2.90. The van der Waals surface area contributed by atoms with Gasteiger partial charge in [0.1, 0.15) is 0 Å². The highest BCUT2D eigenvalue weighted by atomic mass is 16.2. The molecule has 1 aliphatic rings. The van der Waals surface area contributed by atoms with Crippen molar-refractivity contribution < 1.29 is 9.59 Å². The summed E-state index contributed by atoms with van der Waals surface area (Å²) < 4.78 is 0. The van der Waals surface area contributed by atoms with Gasteiger partial charge in [-0.15, -0.1) is 0 Å². The van der Waals surface area contributed by atoms with E-state index in [-0.39, 0.29) is 17.9 Å². The van der Waals surface area contributed by atoms with Crippen molar-refractivity contribution in [2.45, 2.75) is 13.8 Å². The van der Waals surface area contributed by atoms with Crippen molar-refractivity contribution in [1.29, 1.82) is 0 Å². The van der Waals surface area contributed by atoms with Gasteiger partial charge in [-0.1, -0.05) is 6.92 Å². The summed E-state index contributed by atoms with van der Waals surface area (Å²) in [5.41, 5.74) is 0. The summed E-state index contributed by atoms with van der Waals surface area (Å²) in [7, 11) is 0. The molecule has 62 valence electrons. The minimum Gasteiger partial charge on any atom is -0.337 e. The van der Waals surface area contributed by atoms with Gasteiger partial charge >= 0.3 is 6.03 Å². The van der Waals surface area contributed by atoms with Crippen molar-refractivity contribution in [2.24, 2.45) is 5.92 Å². The number of amides is 3. The molecule has 1 N–H and O–H groups in total. The Kier molecular flexibility index (Phi) is 2.12. The summed E-state index contributed by atoms with van der Waals surface area (Å²) in [6, 6.07) is -0.268. The Balaban J connectivity index is 2.71. The third-order valence-corrected chi connectivity index (χ3v) is 1.81. The monoisotopic (exact) mass is 156 g/mol. The average Bonchev–Trinajstić information content (AvgIpc) is 1.99. The molecule has 1 unspecified atom stereocenters. The van der Waals surface area contributed by atoms with E-state index in [0.717, 1.165) is 0 Å². The Bertz CT molecular complexity index is 191. The summed E-state index contributed by atoms with van der Waals surface area (Å²) >= 11 is 0. The first kappa shape index (κ1) is 8.04. The number of urea groups is 1. The number of nitrogens with zero attached hydrogens (tertiary/aromatic N) is 1. The van der Waals surface area contributed by atoms with Crippen LogP contribution in [0.3, 0.4) is 0 Å². The lowest BCUT2D eigenvalue weighted by molar-refractivity contribution is -0.132. The summed E-state index contributed by atoms with van der Waals surface area (Å²) in [6.07, 6.45) is 0. The minimum absolute atomic E-state index is 0.0729. The van der Waals surface area contributed by atoms with Gasteiger partial charge in [0, 0.05) is 13.1 Å². The van der Waals surface area contributed by atoms with Crippen LogP contribution in [0, 0.1) is 5.92 Å². The van der Waals surface area contributed by atoms with Crippen LogP contribution >= 0.6 is 0 Å². The lowest BCUT2D eigenvalue weighted by Gasteiger charge is -2.28. The SMILES string of the molecule is CCN1C(=O)NCC(C)C1=O. The van der Waals surface area contributed by atoms with E-state index in [1.807, 2.05) is 6.92 Å². The highest BCUT2D eigenvalue weighted by Gasteiger charge is 2.29. The smallest absolute Gasteiger partial charge is 0.324 e. The fourth-order valence-corrected chi connectivity index (χ4v) is 1.09. The van der Waals surface area contributed by atoms with Gasteiger partial charge in [-0.25, -0.2) is 4.79 Å². The molecule has 0 aromatic carbocycles. The van der Waals surface area contributed by atoms with E-state index in [2.05, 4.69) is 5.32 Å². The Hall–Kier alpha value is -1.06. The second-order valence-electron chi connectivity index (χ2n) is 2.67. The quantitative estimate of drug-likeness (QED) is 0.589. The molecule has 1 fully saturated rings. The topological polar surface area (TPSA) is 49.4 Å². The number of carbonyl (C=O) groups excluding carboxylic acids is 2. The van der Waals surface area contributed by atoms with Crippen LogP contribution in [0.4, 0.5) is 4.79 Å². The van der Waals surface area contributed by atoms with Crippen LogP contribution in [0.1, 0.15) is 13.8 Å². The van der Waals surface area contributed by atoms with Crippen LogP contribution in [0.15, 0.2) is 0 Å². The molecular formula is C7H12N2O2. The molecule has 0 aliphatic carbocycles. The van der Waals surface area contributed by atoms with Crippen LogP contribution in [0.25, 0.3) is 0 Å². The van der Waals surface area contributed by atoms with E-state index in [9.17, 15) is 9.59 Å². The number of rotatable bonds is 1. The van der Waals surface area contributed by atoms with Gasteiger partial charge in [-0.2, -0.15) is 0 Å². The standard InChI is InChI=1S/C7H12N2O2/c1-3-9-6(10)5(2)4-8-7(9)11/h5H,3-4H2,1-2H3,(H,8,11). The molecular weight excluding hydrogens is 144 g/mol. The summed E-state index contributed by atoms with van der Waals surface area (Å²) in [5.74, 6) is -0.149. The van der Waals surface area contributed by atoms with E-state index in [4.69, 9.17) is 0 Å². The van der Waals surface area contributed by atoms with Crippen molar-refractivity contribution in [3.8, 4) is 0 Å². The Labute approximate surface area is 65.6 Å². The molecule has 1 heterocycles. The summed E-state index contributed by atoms with van der Waals surface area (Å²) in [5, 5.41) is 2.63. The lowest BCUT2D eigenvalue weighted by atomic mass is 10.1. The molecule has 0 bridgehead atoms. The van der Waals surface area contributed by atoms with E-state index in [0.29, 0.717) is 13.1 Å². The number of nitrogens with one attached hydrogen (secondary N) is 1. The largest absolute Gasteiger partial charge is 0.337 e. The molecule has 4 nitrogen and oxygen atoms in total. The third-order valence-electron chi connectivity index (χ3n) is 1.81. The van der Waals surface area contributed by atoms with Crippen LogP contribution in [0.5, 0.6) is 0 Å². The molecule has 1 rings (SSSR count). The molecule has 0 aromatic rings. The van der Waals surface area contributed by atoms with Gasteiger partial charge in [0.05, 0.1) is 5.92 Å². The molecule has 0 radical (unpaired) electrons. The normalized spacial score (nSPS) is 25.3. The van der Waals surface area contributed by atoms with Crippen molar-refractivity contribution in [1.82, 2.24) is 10.2 Å². The molecule has 11 heavy (non-hydrogen) atoms. The average molecular weight is 156 g/mol. The van der Waals surface area contributed by atoms with Gasteiger partial charge < -0.3 is 5.32 Å². The molecule has 0 aromatic heterocycles. The Morgan fingerprint density at radius 3 is 2.73 bits per heavy atom. The fourth-order valence-electron chi connectivity index (χ4n) is 1.09. The second-order valence-corrected chi connectivity index (χ2v) is 2.67. The molecule has 4 heteroatoms. The molecule has 3 amide bonds. The van der Waals surface area contributed by atoms with Crippen molar-refractivity contribution in [3.05, 3.63) is 0 Å². The van der Waals surface area contributed by atoms with Gasteiger partial charge in [-0.3, -0.25) is 9.69 Å². The predicted octanol–water partition coefficient (Wildman–Crippen LogP) is 0.194. The van der Waals surface area contributed by atoms with Crippen LogP contribution in [0.2, 0.25) is 0 Å². The number of carbonyl (C=O) groups is 2. The van der Waals surface area contributed by atoms with E-state index >= 15 is 0 Å². The van der Waals surface area contributed by atoms with Gasteiger partial charge in [0.15, 0.2) is 0 Å². The Morgan fingerprint density at radius 1 is 1.64 bits per heavy atom. The first-order valence-electron chi connectivity index (χ1n) is 3.76. The number of hydrogen-bond donors (Lipinski definition) is 1. The van der Waals surface area contributed by atoms with Gasteiger partial charge in [0.2, 0.25) is 5.91 Å². The summed E-state index contributed by atoms with van der Waals surface area (Å²) in [6.45, 7) is 4.52. The van der Waals surface area contributed by atoms with E-state index < -0.39 is 0 Å². The molecule has 0 spiro atoms. The van der Waals surface area contributed by atoms with Crippen molar-refractivity contribution >= 4 is 11.9 Å². The molecule has 0 saturated carbocycles. The summed E-state index contributed by atoms with van der Waals surface area (Å²) in [4.78, 5) is 23.4. The lowest BCUT2D eigenvalue weighted by Crippen LogP contribution is -2.53. The molecule has 1 atom stereocenters. The molecule has 1 aliphatic heterocycles. The number of imide groups is 1. The third kappa shape index (κ3) is 1.34. The van der Waals surface area contributed by atoms with Crippen LogP contribution in [-0.2, 0) is 4.79 Å². The number of hydrogen-bond acceptors (Lipinski definition) is 2. The first-order chi connectivity index (χ1) is 5.16. The van der Waals surface area contributed by atoms with E-state index in [1.54, 1.807) is 6.92 Å². The highest BCUT2D eigenvalue weighted by molar-refractivity contribution is 5.97. The van der Waals surface area contributed by atoms with E-state index in [1.165, 1.54) is 4.90 Å². The van der Waals surface area contributed by atoms with Crippen LogP contribution < -0.4 is 5.32 Å². The maximum absolute atomic E-state index is 11.2. The zero-order chi connectivity index (χ0) is 8.43. The van der Waals surface area contributed by atoms with Crippen molar-refractivity contribution in [2.75, 3.05) is 13.1 Å². The van der Waals surface area contributed by atoms with Crippen LogP contribution in [-0.4, -0.2) is 29.9 Å². The Morgan fingerprint density at radius 2 is 2.27 bits per heavy atom. The first-order valence-corrected chi connectivity index (χ1v) is 3.76. The highest BCUT2D eigenvalue weighted by Crippen LogP contribution is 2.06. The fraction of sp³-hybridized carbons (Fsp3) is 0.714.